The lowest BCUT2D eigenvalue weighted by molar-refractivity contribution is -0.0685. The van der Waals surface area contributed by atoms with Gasteiger partial charge in [-0.3, -0.25) is 0 Å². The number of rotatable bonds is 0. The van der Waals surface area contributed by atoms with Crippen molar-refractivity contribution in [2.45, 2.75) is 51.6 Å². The monoisotopic (exact) mass is 197 g/mol. The van der Waals surface area contributed by atoms with Crippen LogP contribution in [0.1, 0.15) is 46.0 Å². The van der Waals surface area contributed by atoms with Crippen LogP contribution in [0.15, 0.2) is 0 Å². The number of alkyl carbamates (subject to hydrolysis) is 1. The molecule has 0 aromatic heterocycles. The van der Waals surface area contributed by atoms with Crippen molar-refractivity contribution in [2.24, 2.45) is 5.41 Å². The summed E-state index contributed by atoms with van der Waals surface area (Å²) in [6.45, 7) is 5.31. The molecule has 2 rings (SSSR count). The molecule has 1 saturated carbocycles. The Labute approximate surface area is 85.2 Å². The van der Waals surface area contributed by atoms with E-state index >= 15 is 0 Å². The van der Waals surface area contributed by atoms with E-state index in [0.717, 1.165) is 25.8 Å². The lowest BCUT2D eigenvalue weighted by atomic mass is 9.68. The number of carbonyl (C=O) groups excluding carboxylic acids is 1. The summed E-state index contributed by atoms with van der Waals surface area (Å²) in [6, 6.07) is 0. The zero-order valence-electron chi connectivity index (χ0n) is 9.06. The van der Waals surface area contributed by atoms with E-state index in [1.807, 2.05) is 0 Å². The fourth-order valence-electron chi connectivity index (χ4n) is 2.91. The van der Waals surface area contributed by atoms with Gasteiger partial charge in [0.1, 0.15) is 5.60 Å². The molecule has 3 nitrogen and oxygen atoms in total. The quantitative estimate of drug-likeness (QED) is 0.647. The second-order valence-corrected chi connectivity index (χ2v) is 5.44. The summed E-state index contributed by atoms with van der Waals surface area (Å²) in [5.74, 6) is 0. The first-order valence-corrected chi connectivity index (χ1v) is 5.48. The molecule has 2 fully saturated rings. The number of nitrogens with one attached hydrogen (secondary N) is 1. The summed E-state index contributed by atoms with van der Waals surface area (Å²) in [7, 11) is 0. The van der Waals surface area contributed by atoms with Crippen molar-refractivity contribution in [1.82, 2.24) is 5.32 Å². The van der Waals surface area contributed by atoms with Crippen molar-refractivity contribution in [2.75, 3.05) is 6.54 Å². The molecule has 1 heterocycles. The Bertz CT molecular complexity index is 246. The fraction of sp³-hybridized carbons (Fsp3) is 0.909. The van der Waals surface area contributed by atoms with Crippen LogP contribution in [0.3, 0.4) is 0 Å². The largest absolute Gasteiger partial charge is 0.443 e. The van der Waals surface area contributed by atoms with Crippen LogP contribution < -0.4 is 5.32 Å². The summed E-state index contributed by atoms with van der Waals surface area (Å²) >= 11 is 0. The average molecular weight is 197 g/mol. The molecule has 14 heavy (non-hydrogen) atoms. The molecule has 1 unspecified atom stereocenters. The molecule has 1 aliphatic carbocycles. The smallest absolute Gasteiger partial charge is 0.407 e. The fourth-order valence-corrected chi connectivity index (χ4v) is 2.91. The van der Waals surface area contributed by atoms with Crippen LogP contribution >= 0.6 is 0 Å². The molecule has 2 aliphatic rings. The Hall–Kier alpha value is -0.730. The van der Waals surface area contributed by atoms with Gasteiger partial charge in [0.15, 0.2) is 0 Å². The van der Waals surface area contributed by atoms with Crippen LogP contribution in [0.2, 0.25) is 0 Å². The SMILES string of the molecule is CC1(C)CCCC2(CCNC(=O)O2)C1. The maximum absolute atomic E-state index is 11.2. The summed E-state index contributed by atoms with van der Waals surface area (Å²) in [5, 5.41) is 2.72. The Morgan fingerprint density at radius 3 is 2.71 bits per heavy atom. The van der Waals surface area contributed by atoms with E-state index in [-0.39, 0.29) is 11.7 Å². The first kappa shape index (κ1) is 9.81. The Morgan fingerprint density at radius 1 is 1.29 bits per heavy atom. The van der Waals surface area contributed by atoms with Crippen LogP contribution in [0, 0.1) is 5.41 Å². The molecule has 0 aromatic carbocycles. The number of ether oxygens (including phenoxy) is 1. The predicted octanol–water partition coefficient (Wildman–Crippen LogP) is 2.46. The van der Waals surface area contributed by atoms with Crippen molar-refractivity contribution in [1.29, 1.82) is 0 Å². The van der Waals surface area contributed by atoms with Gasteiger partial charge in [0.25, 0.3) is 0 Å². The minimum atomic E-state index is -0.228. The Balaban J connectivity index is 2.10. The molecule has 3 heteroatoms. The Kier molecular flexibility index (Phi) is 2.20. The van der Waals surface area contributed by atoms with Crippen molar-refractivity contribution in [3.05, 3.63) is 0 Å². The van der Waals surface area contributed by atoms with E-state index < -0.39 is 0 Å². The molecule has 1 atom stereocenters. The molecule has 1 spiro atoms. The number of amides is 1. The maximum atomic E-state index is 11.2. The van der Waals surface area contributed by atoms with Gasteiger partial charge in [0.05, 0.1) is 0 Å². The normalized spacial score (nSPS) is 36.3. The summed E-state index contributed by atoms with van der Waals surface area (Å²) in [6.07, 6.45) is 5.24. The second-order valence-electron chi connectivity index (χ2n) is 5.44. The van der Waals surface area contributed by atoms with Crippen LogP contribution in [-0.4, -0.2) is 18.2 Å². The molecular formula is C11H19NO2. The van der Waals surface area contributed by atoms with Gasteiger partial charge < -0.3 is 10.1 Å². The minimum Gasteiger partial charge on any atom is -0.443 e. The lowest BCUT2D eigenvalue weighted by Gasteiger charge is -2.46. The minimum absolute atomic E-state index is 0.149. The van der Waals surface area contributed by atoms with Crippen molar-refractivity contribution >= 4 is 6.09 Å². The standard InChI is InChI=1S/C11H19NO2/c1-10(2)4-3-5-11(8-10)6-7-12-9(13)14-11/h3-8H2,1-2H3,(H,12,13). The van der Waals surface area contributed by atoms with Crippen molar-refractivity contribution in [3.8, 4) is 0 Å². The molecule has 80 valence electrons. The second kappa shape index (κ2) is 3.14. The predicted molar refractivity (Wildman–Crippen MR) is 54.1 cm³/mol. The van der Waals surface area contributed by atoms with Crippen molar-refractivity contribution < 1.29 is 9.53 Å². The summed E-state index contributed by atoms with van der Waals surface area (Å²) < 4.78 is 5.50. The lowest BCUT2D eigenvalue weighted by Crippen LogP contribution is -2.51. The highest BCUT2D eigenvalue weighted by Gasteiger charge is 2.44. The van der Waals surface area contributed by atoms with E-state index in [1.54, 1.807) is 0 Å². The Morgan fingerprint density at radius 2 is 2.07 bits per heavy atom. The highest BCUT2D eigenvalue weighted by Crippen LogP contribution is 2.45. The number of hydrogen-bond donors (Lipinski definition) is 1. The van der Waals surface area contributed by atoms with E-state index in [0.29, 0.717) is 5.41 Å². The number of hydrogen-bond acceptors (Lipinski definition) is 2. The highest BCUT2D eigenvalue weighted by atomic mass is 16.6. The van der Waals surface area contributed by atoms with E-state index in [2.05, 4.69) is 19.2 Å². The third-order valence-electron chi connectivity index (χ3n) is 3.45. The van der Waals surface area contributed by atoms with Gasteiger partial charge in [-0.1, -0.05) is 13.8 Å². The first-order chi connectivity index (χ1) is 6.52. The van der Waals surface area contributed by atoms with Gasteiger partial charge in [-0.05, 0) is 31.1 Å². The molecule has 0 bridgehead atoms. The van der Waals surface area contributed by atoms with Gasteiger partial charge >= 0.3 is 6.09 Å². The molecule has 1 saturated heterocycles. The molecule has 1 N–H and O–H groups in total. The summed E-state index contributed by atoms with van der Waals surface area (Å²) in [4.78, 5) is 11.2. The van der Waals surface area contributed by atoms with Gasteiger partial charge in [0.2, 0.25) is 0 Å². The average Bonchev–Trinajstić information content (AvgIpc) is 2.00. The van der Waals surface area contributed by atoms with Crippen LogP contribution in [0.5, 0.6) is 0 Å². The molecule has 1 amide bonds. The van der Waals surface area contributed by atoms with Crippen LogP contribution in [0.4, 0.5) is 4.79 Å². The zero-order chi connectivity index (χ0) is 10.2. The number of carbonyl (C=O) groups is 1. The van der Waals surface area contributed by atoms with Gasteiger partial charge in [-0.25, -0.2) is 4.79 Å². The maximum Gasteiger partial charge on any atom is 0.407 e. The highest BCUT2D eigenvalue weighted by molar-refractivity contribution is 5.68. The van der Waals surface area contributed by atoms with E-state index in [1.165, 1.54) is 12.8 Å². The molecular weight excluding hydrogens is 178 g/mol. The first-order valence-electron chi connectivity index (χ1n) is 5.48. The van der Waals surface area contributed by atoms with E-state index in [4.69, 9.17) is 4.74 Å². The van der Waals surface area contributed by atoms with Crippen LogP contribution in [-0.2, 0) is 4.74 Å². The van der Waals surface area contributed by atoms with E-state index in [9.17, 15) is 4.79 Å². The van der Waals surface area contributed by atoms with Gasteiger partial charge in [-0.15, -0.1) is 0 Å². The zero-order valence-corrected chi connectivity index (χ0v) is 9.06. The third-order valence-corrected chi connectivity index (χ3v) is 3.45. The van der Waals surface area contributed by atoms with Gasteiger partial charge in [0, 0.05) is 13.0 Å². The molecule has 0 aromatic rings. The van der Waals surface area contributed by atoms with Crippen molar-refractivity contribution in [3.63, 3.8) is 0 Å². The third kappa shape index (κ3) is 1.86. The topological polar surface area (TPSA) is 38.3 Å². The summed E-state index contributed by atoms with van der Waals surface area (Å²) in [5.41, 5.74) is 0.181. The van der Waals surface area contributed by atoms with Gasteiger partial charge in [-0.2, -0.15) is 0 Å². The molecule has 1 aliphatic heterocycles. The molecule has 0 radical (unpaired) electrons. The van der Waals surface area contributed by atoms with Crippen LogP contribution in [0.25, 0.3) is 0 Å².